The standard InChI is InChI=1S/C15H24N4/c1-11(2)8-14-18-13-9-12(3)10-17-15(13)19(14)7-5-4-6-16/h9-11H,4-8,16H2,1-3H3. The van der Waals surface area contributed by atoms with Gasteiger partial charge in [-0.1, -0.05) is 13.8 Å². The highest BCUT2D eigenvalue weighted by molar-refractivity contribution is 5.72. The van der Waals surface area contributed by atoms with Crippen molar-refractivity contribution in [1.29, 1.82) is 0 Å². The molecule has 2 aromatic rings. The van der Waals surface area contributed by atoms with Crippen LogP contribution in [0.25, 0.3) is 11.2 Å². The van der Waals surface area contributed by atoms with Gasteiger partial charge in [-0.3, -0.25) is 0 Å². The molecule has 4 heteroatoms. The van der Waals surface area contributed by atoms with Crippen molar-refractivity contribution in [2.75, 3.05) is 6.54 Å². The monoisotopic (exact) mass is 260 g/mol. The van der Waals surface area contributed by atoms with Crippen LogP contribution in [0.3, 0.4) is 0 Å². The number of imidazole rings is 1. The Balaban J connectivity index is 2.36. The highest BCUT2D eigenvalue weighted by atomic mass is 15.1. The maximum absolute atomic E-state index is 5.58. The summed E-state index contributed by atoms with van der Waals surface area (Å²) in [5.74, 6) is 1.76. The number of aromatic nitrogens is 3. The topological polar surface area (TPSA) is 56.7 Å². The molecule has 0 atom stereocenters. The van der Waals surface area contributed by atoms with E-state index in [0.717, 1.165) is 54.9 Å². The van der Waals surface area contributed by atoms with Gasteiger partial charge in [0, 0.05) is 19.2 Å². The third-order valence-corrected chi connectivity index (χ3v) is 3.23. The van der Waals surface area contributed by atoms with E-state index >= 15 is 0 Å². The Hall–Kier alpha value is -1.42. The first kappa shape index (κ1) is 14.0. The van der Waals surface area contributed by atoms with Crippen molar-refractivity contribution in [2.24, 2.45) is 11.7 Å². The molecule has 2 heterocycles. The van der Waals surface area contributed by atoms with Gasteiger partial charge in [0.05, 0.1) is 0 Å². The third-order valence-electron chi connectivity index (χ3n) is 3.23. The van der Waals surface area contributed by atoms with Gasteiger partial charge in [-0.15, -0.1) is 0 Å². The summed E-state index contributed by atoms with van der Waals surface area (Å²) in [5.41, 5.74) is 8.77. The van der Waals surface area contributed by atoms with Crippen LogP contribution in [0.5, 0.6) is 0 Å². The van der Waals surface area contributed by atoms with E-state index in [4.69, 9.17) is 10.7 Å². The third kappa shape index (κ3) is 3.32. The SMILES string of the molecule is Cc1cnc2c(c1)nc(CC(C)C)n2CCCCN. The second-order valence-corrected chi connectivity index (χ2v) is 5.63. The zero-order valence-electron chi connectivity index (χ0n) is 12.2. The molecule has 4 nitrogen and oxygen atoms in total. The van der Waals surface area contributed by atoms with Crippen molar-refractivity contribution < 1.29 is 0 Å². The minimum Gasteiger partial charge on any atom is -0.330 e. The molecular weight excluding hydrogens is 236 g/mol. The van der Waals surface area contributed by atoms with Gasteiger partial charge in [0.25, 0.3) is 0 Å². The molecule has 0 aliphatic carbocycles. The van der Waals surface area contributed by atoms with E-state index in [0.29, 0.717) is 5.92 Å². The minimum absolute atomic E-state index is 0.603. The summed E-state index contributed by atoms with van der Waals surface area (Å²) >= 11 is 0. The van der Waals surface area contributed by atoms with Crippen molar-refractivity contribution in [3.05, 3.63) is 23.7 Å². The van der Waals surface area contributed by atoms with E-state index < -0.39 is 0 Å². The maximum atomic E-state index is 5.58. The number of aryl methyl sites for hydroxylation is 2. The average molecular weight is 260 g/mol. The van der Waals surface area contributed by atoms with Gasteiger partial charge in [0.15, 0.2) is 5.65 Å². The summed E-state index contributed by atoms with van der Waals surface area (Å²) in [6, 6.07) is 2.12. The fourth-order valence-corrected chi connectivity index (χ4v) is 2.33. The molecule has 0 bridgehead atoms. The fourth-order valence-electron chi connectivity index (χ4n) is 2.33. The molecule has 2 aromatic heterocycles. The Kier molecular flexibility index (Phi) is 4.53. The molecule has 19 heavy (non-hydrogen) atoms. The Morgan fingerprint density at radius 3 is 2.79 bits per heavy atom. The summed E-state index contributed by atoms with van der Waals surface area (Å²) < 4.78 is 2.27. The largest absolute Gasteiger partial charge is 0.330 e. The second-order valence-electron chi connectivity index (χ2n) is 5.63. The van der Waals surface area contributed by atoms with Crippen molar-refractivity contribution in [1.82, 2.24) is 14.5 Å². The van der Waals surface area contributed by atoms with Crippen molar-refractivity contribution in [3.63, 3.8) is 0 Å². The van der Waals surface area contributed by atoms with Crippen LogP contribution in [-0.2, 0) is 13.0 Å². The fraction of sp³-hybridized carbons (Fsp3) is 0.600. The quantitative estimate of drug-likeness (QED) is 0.812. The number of pyridine rings is 1. The molecule has 0 aromatic carbocycles. The van der Waals surface area contributed by atoms with E-state index in [9.17, 15) is 0 Å². The van der Waals surface area contributed by atoms with Gasteiger partial charge in [0.1, 0.15) is 11.3 Å². The van der Waals surface area contributed by atoms with Crippen LogP contribution in [0.4, 0.5) is 0 Å². The van der Waals surface area contributed by atoms with E-state index in [1.54, 1.807) is 0 Å². The van der Waals surface area contributed by atoms with E-state index in [1.807, 2.05) is 6.20 Å². The van der Waals surface area contributed by atoms with Crippen LogP contribution in [0.2, 0.25) is 0 Å². The van der Waals surface area contributed by atoms with Gasteiger partial charge in [-0.25, -0.2) is 9.97 Å². The lowest BCUT2D eigenvalue weighted by molar-refractivity contribution is 0.554. The van der Waals surface area contributed by atoms with Gasteiger partial charge < -0.3 is 10.3 Å². The van der Waals surface area contributed by atoms with Crippen LogP contribution in [0.1, 0.15) is 38.1 Å². The highest BCUT2D eigenvalue weighted by Gasteiger charge is 2.12. The lowest BCUT2D eigenvalue weighted by Crippen LogP contribution is -2.09. The molecule has 2 rings (SSSR count). The van der Waals surface area contributed by atoms with Crippen LogP contribution in [0.15, 0.2) is 12.3 Å². The average Bonchev–Trinajstić information content (AvgIpc) is 2.66. The van der Waals surface area contributed by atoms with Crippen molar-refractivity contribution in [3.8, 4) is 0 Å². The molecule has 0 aliphatic heterocycles. The Morgan fingerprint density at radius 1 is 1.32 bits per heavy atom. The summed E-state index contributed by atoms with van der Waals surface area (Å²) in [4.78, 5) is 9.32. The van der Waals surface area contributed by atoms with Crippen LogP contribution < -0.4 is 5.73 Å². The molecule has 0 fully saturated rings. The molecule has 0 unspecified atom stereocenters. The lowest BCUT2D eigenvalue weighted by Gasteiger charge is -2.09. The Labute approximate surface area is 115 Å². The predicted octanol–water partition coefficient (Wildman–Crippen LogP) is 2.68. The summed E-state index contributed by atoms with van der Waals surface area (Å²) in [6.45, 7) is 8.22. The normalized spacial score (nSPS) is 11.6. The molecule has 0 amide bonds. The summed E-state index contributed by atoms with van der Waals surface area (Å²) in [5, 5.41) is 0. The maximum Gasteiger partial charge on any atom is 0.160 e. The molecule has 0 radical (unpaired) electrons. The zero-order valence-corrected chi connectivity index (χ0v) is 12.2. The Morgan fingerprint density at radius 2 is 2.11 bits per heavy atom. The van der Waals surface area contributed by atoms with Gasteiger partial charge in [0.2, 0.25) is 0 Å². The molecule has 0 spiro atoms. The number of fused-ring (bicyclic) bond motifs is 1. The molecular formula is C15H24N4. The lowest BCUT2D eigenvalue weighted by atomic mass is 10.1. The predicted molar refractivity (Wildman–Crippen MR) is 79.1 cm³/mol. The zero-order chi connectivity index (χ0) is 13.8. The summed E-state index contributed by atoms with van der Waals surface area (Å²) in [6.07, 6.45) is 5.05. The Bertz CT molecular complexity index is 542. The first-order chi connectivity index (χ1) is 9.11. The molecule has 104 valence electrons. The molecule has 0 saturated carbocycles. The van der Waals surface area contributed by atoms with Gasteiger partial charge >= 0.3 is 0 Å². The van der Waals surface area contributed by atoms with E-state index in [-0.39, 0.29) is 0 Å². The van der Waals surface area contributed by atoms with Crippen LogP contribution in [-0.4, -0.2) is 21.1 Å². The van der Waals surface area contributed by atoms with Gasteiger partial charge in [-0.2, -0.15) is 0 Å². The van der Waals surface area contributed by atoms with E-state index in [1.165, 1.54) is 0 Å². The van der Waals surface area contributed by atoms with Crippen LogP contribution >= 0.6 is 0 Å². The van der Waals surface area contributed by atoms with E-state index in [2.05, 4.69) is 36.4 Å². The molecule has 0 saturated heterocycles. The highest BCUT2D eigenvalue weighted by Crippen LogP contribution is 2.18. The number of unbranched alkanes of at least 4 members (excludes halogenated alkanes) is 1. The number of rotatable bonds is 6. The minimum atomic E-state index is 0.603. The number of nitrogens with two attached hydrogens (primary N) is 1. The summed E-state index contributed by atoms with van der Waals surface area (Å²) in [7, 11) is 0. The molecule has 0 aliphatic rings. The first-order valence-electron chi connectivity index (χ1n) is 7.13. The van der Waals surface area contributed by atoms with Crippen molar-refractivity contribution >= 4 is 11.2 Å². The van der Waals surface area contributed by atoms with Gasteiger partial charge in [-0.05, 0) is 43.9 Å². The first-order valence-corrected chi connectivity index (χ1v) is 7.13. The smallest absolute Gasteiger partial charge is 0.160 e. The van der Waals surface area contributed by atoms with Crippen LogP contribution in [0, 0.1) is 12.8 Å². The number of hydrogen-bond donors (Lipinski definition) is 1. The number of nitrogens with zero attached hydrogens (tertiary/aromatic N) is 3. The number of hydrogen-bond acceptors (Lipinski definition) is 3. The second kappa shape index (κ2) is 6.15. The van der Waals surface area contributed by atoms with Crippen molar-refractivity contribution in [2.45, 2.75) is 46.6 Å². The molecule has 2 N–H and O–H groups in total.